The van der Waals surface area contributed by atoms with Crippen molar-refractivity contribution in [2.75, 3.05) is 26.2 Å². The number of hydrogen-bond acceptors (Lipinski definition) is 3. The van der Waals surface area contributed by atoms with Gasteiger partial charge in [-0.1, -0.05) is 30.3 Å². The number of piperidine rings is 1. The molecule has 0 radical (unpaired) electrons. The molecule has 2 saturated heterocycles. The molecule has 2 atom stereocenters. The lowest BCUT2D eigenvalue weighted by Gasteiger charge is -2.36. The number of urea groups is 1. The molecule has 5 heteroatoms. The van der Waals surface area contributed by atoms with Crippen LogP contribution >= 0.6 is 0 Å². The predicted octanol–water partition coefficient (Wildman–Crippen LogP) is 2.69. The molecule has 1 aromatic carbocycles. The Morgan fingerprint density at radius 2 is 2.00 bits per heavy atom. The molecular formula is C19H29N3O2. The topological polar surface area (TPSA) is 53.6 Å². The summed E-state index contributed by atoms with van der Waals surface area (Å²) in [6.45, 7) is 5.75. The third-order valence-corrected chi connectivity index (χ3v) is 5.21. The number of rotatable bonds is 5. The van der Waals surface area contributed by atoms with Crippen molar-refractivity contribution in [3.05, 3.63) is 35.9 Å². The quantitative estimate of drug-likeness (QED) is 0.872. The molecule has 3 rings (SSSR count). The zero-order valence-electron chi connectivity index (χ0n) is 14.5. The molecular weight excluding hydrogens is 302 g/mol. The van der Waals surface area contributed by atoms with Gasteiger partial charge < -0.3 is 15.4 Å². The normalized spacial score (nSPS) is 23.8. The van der Waals surface area contributed by atoms with Gasteiger partial charge in [-0.2, -0.15) is 0 Å². The molecule has 132 valence electrons. The summed E-state index contributed by atoms with van der Waals surface area (Å²) in [7, 11) is 0. The Morgan fingerprint density at radius 3 is 2.67 bits per heavy atom. The van der Waals surface area contributed by atoms with Crippen molar-refractivity contribution in [2.45, 2.75) is 50.8 Å². The molecule has 2 heterocycles. The first-order valence-electron chi connectivity index (χ1n) is 9.17. The molecule has 2 N–H and O–H groups in total. The number of nitrogens with zero attached hydrogens (tertiary/aromatic N) is 1. The molecule has 2 amide bonds. The van der Waals surface area contributed by atoms with Crippen LogP contribution in [0.2, 0.25) is 0 Å². The molecule has 24 heavy (non-hydrogen) atoms. The Bertz CT molecular complexity index is 509. The SMILES string of the molecule is C[C@@H](c1ccccc1)N1CCC(NC(=O)NC[C@H]2CCCO2)CC1. The standard InChI is InChI=1S/C19H29N3O2/c1-15(16-6-3-2-4-7-16)22-11-9-17(10-12-22)21-19(23)20-14-18-8-5-13-24-18/h2-4,6-7,15,17-18H,5,8-14H2,1H3,(H2,20,21,23)/t15-,18+/m0/s1. The fraction of sp³-hybridized carbons (Fsp3) is 0.632. The van der Waals surface area contributed by atoms with Gasteiger partial charge in [0.05, 0.1) is 6.10 Å². The highest BCUT2D eigenvalue weighted by atomic mass is 16.5. The molecule has 2 fully saturated rings. The summed E-state index contributed by atoms with van der Waals surface area (Å²) in [6, 6.07) is 11.3. The van der Waals surface area contributed by atoms with Crippen molar-refractivity contribution >= 4 is 6.03 Å². The van der Waals surface area contributed by atoms with E-state index in [9.17, 15) is 4.79 Å². The summed E-state index contributed by atoms with van der Waals surface area (Å²) < 4.78 is 5.53. The van der Waals surface area contributed by atoms with E-state index in [2.05, 4.69) is 52.8 Å². The van der Waals surface area contributed by atoms with Crippen LogP contribution in [0.4, 0.5) is 4.79 Å². The molecule has 1 aromatic rings. The van der Waals surface area contributed by atoms with Crippen LogP contribution in [0.3, 0.4) is 0 Å². The maximum Gasteiger partial charge on any atom is 0.315 e. The number of carbonyl (C=O) groups excluding carboxylic acids is 1. The molecule has 0 saturated carbocycles. The second-order valence-electron chi connectivity index (χ2n) is 6.89. The van der Waals surface area contributed by atoms with Gasteiger partial charge >= 0.3 is 6.03 Å². The summed E-state index contributed by atoms with van der Waals surface area (Å²) in [5, 5.41) is 6.05. The summed E-state index contributed by atoms with van der Waals surface area (Å²) in [5.41, 5.74) is 1.36. The number of ether oxygens (including phenoxy) is 1. The van der Waals surface area contributed by atoms with Crippen LogP contribution in [0.25, 0.3) is 0 Å². The monoisotopic (exact) mass is 331 g/mol. The summed E-state index contributed by atoms with van der Waals surface area (Å²) in [6.07, 6.45) is 4.36. The van der Waals surface area contributed by atoms with Gasteiger partial charge in [-0.25, -0.2) is 4.79 Å². The Labute approximate surface area is 144 Å². The van der Waals surface area contributed by atoms with E-state index in [0.717, 1.165) is 45.4 Å². The average Bonchev–Trinajstić information content (AvgIpc) is 3.14. The minimum Gasteiger partial charge on any atom is -0.376 e. The van der Waals surface area contributed by atoms with Gasteiger partial charge in [0.1, 0.15) is 0 Å². The van der Waals surface area contributed by atoms with Gasteiger partial charge in [0, 0.05) is 38.3 Å². The van der Waals surface area contributed by atoms with E-state index in [0.29, 0.717) is 12.6 Å². The van der Waals surface area contributed by atoms with Crippen LogP contribution in [0.1, 0.15) is 44.2 Å². The molecule has 0 spiro atoms. The molecule has 0 aromatic heterocycles. The van der Waals surface area contributed by atoms with E-state index in [1.54, 1.807) is 0 Å². The number of benzene rings is 1. The van der Waals surface area contributed by atoms with Gasteiger partial charge in [-0.05, 0) is 38.2 Å². The van der Waals surface area contributed by atoms with Gasteiger partial charge in [0.2, 0.25) is 0 Å². The Hall–Kier alpha value is -1.59. The van der Waals surface area contributed by atoms with Crippen LogP contribution in [-0.4, -0.2) is 49.3 Å². The Kier molecular flexibility index (Phi) is 6.10. The van der Waals surface area contributed by atoms with Crippen LogP contribution in [-0.2, 0) is 4.74 Å². The number of nitrogens with one attached hydrogen (secondary N) is 2. The van der Waals surface area contributed by atoms with E-state index < -0.39 is 0 Å². The van der Waals surface area contributed by atoms with Crippen molar-refractivity contribution in [1.29, 1.82) is 0 Å². The highest BCUT2D eigenvalue weighted by Gasteiger charge is 2.24. The number of likely N-dealkylation sites (tertiary alicyclic amines) is 1. The van der Waals surface area contributed by atoms with Crippen molar-refractivity contribution in [1.82, 2.24) is 15.5 Å². The second kappa shape index (κ2) is 8.49. The Balaban J connectivity index is 1.37. The maximum absolute atomic E-state index is 12.0. The summed E-state index contributed by atoms with van der Waals surface area (Å²) >= 11 is 0. The maximum atomic E-state index is 12.0. The van der Waals surface area contributed by atoms with Crippen molar-refractivity contribution in [2.24, 2.45) is 0 Å². The molecule has 2 aliphatic heterocycles. The predicted molar refractivity (Wildman–Crippen MR) is 95.0 cm³/mol. The first-order chi connectivity index (χ1) is 11.7. The van der Waals surface area contributed by atoms with Crippen LogP contribution in [0.5, 0.6) is 0 Å². The van der Waals surface area contributed by atoms with Crippen LogP contribution in [0.15, 0.2) is 30.3 Å². The average molecular weight is 331 g/mol. The van der Waals surface area contributed by atoms with E-state index in [-0.39, 0.29) is 18.2 Å². The fourth-order valence-corrected chi connectivity index (χ4v) is 3.62. The third-order valence-electron chi connectivity index (χ3n) is 5.21. The smallest absolute Gasteiger partial charge is 0.315 e. The van der Waals surface area contributed by atoms with Gasteiger partial charge in [-0.15, -0.1) is 0 Å². The zero-order chi connectivity index (χ0) is 16.8. The van der Waals surface area contributed by atoms with Crippen LogP contribution in [0, 0.1) is 0 Å². The third kappa shape index (κ3) is 4.71. The van der Waals surface area contributed by atoms with E-state index in [4.69, 9.17) is 4.74 Å². The fourth-order valence-electron chi connectivity index (χ4n) is 3.62. The van der Waals surface area contributed by atoms with Gasteiger partial charge in [0.15, 0.2) is 0 Å². The first-order valence-corrected chi connectivity index (χ1v) is 9.17. The van der Waals surface area contributed by atoms with Crippen LogP contribution < -0.4 is 10.6 Å². The van der Waals surface area contributed by atoms with Gasteiger partial charge in [-0.3, -0.25) is 4.90 Å². The minimum atomic E-state index is -0.0555. The number of hydrogen-bond donors (Lipinski definition) is 2. The van der Waals surface area contributed by atoms with E-state index >= 15 is 0 Å². The van der Waals surface area contributed by atoms with Gasteiger partial charge in [0.25, 0.3) is 0 Å². The highest BCUT2D eigenvalue weighted by Crippen LogP contribution is 2.23. The van der Waals surface area contributed by atoms with E-state index in [1.807, 2.05) is 0 Å². The zero-order valence-corrected chi connectivity index (χ0v) is 14.5. The Morgan fingerprint density at radius 1 is 1.25 bits per heavy atom. The summed E-state index contributed by atoms with van der Waals surface area (Å²) in [5.74, 6) is 0. The van der Waals surface area contributed by atoms with Crippen molar-refractivity contribution in [3.8, 4) is 0 Å². The highest BCUT2D eigenvalue weighted by molar-refractivity contribution is 5.74. The lowest BCUT2D eigenvalue weighted by atomic mass is 10.0. The summed E-state index contributed by atoms with van der Waals surface area (Å²) in [4.78, 5) is 14.5. The molecule has 5 nitrogen and oxygen atoms in total. The molecule has 0 unspecified atom stereocenters. The molecule has 0 aliphatic carbocycles. The van der Waals surface area contributed by atoms with Crippen molar-refractivity contribution in [3.63, 3.8) is 0 Å². The second-order valence-corrected chi connectivity index (χ2v) is 6.89. The lowest BCUT2D eigenvalue weighted by Crippen LogP contribution is -2.49. The molecule has 2 aliphatic rings. The van der Waals surface area contributed by atoms with E-state index in [1.165, 1.54) is 5.56 Å². The molecule has 0 bridgehead atoms. The number of amides is 2. The lowest BCUT2D eigenvalue weighted by molar-refractivity contribution is 0.110. The largest absolute Gasteiger partial charge is 0.376 e. The minimum absolute atomic E-state index is 0.0555. The number of carbonyl (C=O) groups is 1. The first kappa shape index (κ1) is 17.2. The van der Waals surface area contributed by atoms with Crippen molar-refractivity contribution < 1.29 is 9.53 Å².